The highest BCUT2D eigenvalue weighted by Crippen LogP contribution is 2.28. The normalized spacial score (nSPS) is 12.4. The van der Waals surface area contributed by atoms with Crippen LogP contribution in [0.4, 0.5) is 0 Å². The van der Waals surface area contributed by atoms with Crippen molar-refractivity contribution in [2.75, 3.05) is 20.3 Å². The van der Waals surface area contributed by atoms with Crippen LogP contribution in [0.25, 0.3) is 22.0 Å². The Morgan fingerprint density at radius 1 is 1.05 bits per heavy atom. The topological polar surface area (TPSA) is 121 Å². The summed E-state index contributed by atoms with van der Waals surface area (Å²) in [7, 11) is -2.19. The van der Waals surface area contributed by atoms with E-state index in [-0.39, 0.29) is 17.4 Å². The highest BCUT2D eigenvalue weighted by molar-refractivity contribution is 7.89. The monoisotopic (exact) mass is 521 g/mol. The zero-order valence-corrected chi connectivity index (χ0v) is 21.6. The van der Waals surface area contributed by atoms with E-state index in [2.05, 4.69) is 15.0 Å². The molecule has 0 bridgehead atoms. The number of rotatable bonds is 11. The minimum atomic E-state index is -3.55. The summed E-state index contributed by atoms with van der Waals surface area (Å²) in [6.07, 6.45) is 3.14. The molecule has 4 rings (SSSR count). The Morgan fingerprint density at radius 2 is 1.78 bits per heavy atom. The third-order valence-electron chi connectivity index (χ3n) is 6.15. The Bertz CT molecular complexity index is 1480. The number of hydrogen-bond donors (Lipinski definition) is 4. The third-order valence-corrected chi connectivity index (χ3v) is 7.58. The SMILES string of the molecule is CCCOc1ccc(-c2ccc(S(=O)(=O)NC)cc2)cc1C(=O)N[C@H](CO)Cc1c[nH]c2ccccc12. The molecule has 1 heterocycles. The Labute approximate surface area is 216 Å². The average molecular weight is 522 g/mol. The van der Waals surface area contributed by atoms with Crippen molar-refractivity contribution < 1.29 is 23.1 Å². The molecule has 0 fully saturated rings. The van der Waals surface area contributed by atoms with Crippen LogP contribution in [-0.2, 0) is 16.4 Å². The van der Waals surface area contributed by atoms with Crippen molar-refractivity contribution in [3.8, 4) is 16.9 Å². The molecule has 4 N–H and O–H groups in total. The molecule has 8 nitrogen and oxygen atoms in total. The van der Waals surface area contributed by atoms with Crippen molar-refractivity contribution in [2.24, 2.45) is 0 Å². The predicted molar refractivity (Wildman–Crippen MR) is 144 cm³/mol. The fourth-order valence-corrected chi connectivity index (χ4v) is 4.89. The first-order valence-electron chi connectivity index (χ1n) is 12.1. The second kappa shape index (κ2) is 11.6. The van der Waals surface area contributed by atoms with E-state index < -0.39 is 16.1 Å². The van der Waals surface area contributed by atoms with Gasteiger partial charge in [-0.2, -0.15) is 0 Å². The summed E-state index contributed by atoms with van der Waals surface area (Å²) in [5.41, 5.74) is 3.83. The van der Waals surface area contributed by atoms with E-state index in [0.717, 1.165) is 34.0 Å². The van der Waals surface area contributed by atoms with Gasteiger partial charge in [-0.15, -0.1) is 0 Å². The summed E-state index contributed by atoms with van der Waals surface area (Å²) in [6.45, 7) is 2.21. The number of H-pyrrole nitrogens is 1. The molecule has 0 aliphatic heterocycles. The summed E-state index contributed by atoms with van der Waals surface area (Å²) < 4.78 is 32.2. The van der Waals surface area contributed by atoms with Crippen molar-refractivity contribution in [1.82, 2.24) is 15.0 Å². The number of fused-ring (bicyclic) bond motifs is 1. The molecule has 0 spiro atoms. The number of aliphatic hydroxyl groups is 1. The van der Waals surface area contributed by atoms with E-state index in [1.165, 1.54) is 19.2 Å². The third kappa shape index (κ3) is 6.02. The first-order valence-corrected chi connectivity index (χ1v) is 13.6. The lowest BCUT2D eigenvalue weighted by Gasteiger charge is -2.18. The maximum atomic E-state index is 13.4. The number of carbonyl (C=O) groups is 1. The first-order chi connectivity index (χ1) is 17.9. The number of aromatic nitrogens is 1. The van der Waals surface area contributed by atoms with Crippen LogP contribution in [0.3, 0.4) is 0 Å². The average Bonchev–Trinajstić information content (AvgIpc) is 3.34. The lowest BCUT2D eigenvalue weighted by molar-refractivity contribution is 0.0912. The van der Waals surface area contributed by atoms with E-state index in [4.69, 9.17) is 4.74 Å². The number of benzene rings is 3. The van der Waals surface area contributed by atoms with Gasteiger partial charge >= 0.3 is 0 Å². The molecule has 4 aromatic rings. The summed E-state index contributed by atoms with van der Waals surface area (Å²) in [4.78, 5) is 16.8. The molecule has 0 aliphatic rings. The van der Waals surface area contributed by atoms with Crippen LogP contribution in [0.2, 0.25) is 0 Å². The molecule has 9 heteroatoms. The van der Waals surface area contributed by atoms with Crippen LogP contribution in [-0.4, -0.2) is 50.7 Å². The number of aromatic amines is 1. The van der Waals surface area contributed by atoms with Gasteiger partial charge in [0.25, 0.3) is 5.91 Å². The molecule has 0 radical (unpaired) electrons. The number of hydrogen-bond acceptors (Lipinski definition) is 5. The van der Waals surface area contributed by atoms with Gasteiger partial charge in [0.2, 0.25) is 10.0 Å². The van der Waals surface area contributed by atoms with E-state index in [1.54, 1.807) is 24.3 Å². The molecule has 1 amide bonds. The van der Waals surface area contributed by atoms with Crippen molar-refractivity contribution in [1.29, 1.82) is 0 Å². The van der Waals surface area contributed by atoms with Crippen LogP contribution >= 0.6 is 0 Å². The standard InChI is InChI=1S/C28H31N3O5S/c1-3-14-36-27-13-10-20(19-8-11-23(12-9-19)37(34,35)29-2)16-25(27)28(33)31-22(18-32)15-21-17-30-26-7-5-4-6-24(21)26/h4-13,16-17,22,29-30,32H,3,14-15,18H2,1-2H3,(H,31,33)/t22-/m0/s1. The molecule has 0 saturated carbocycles. The smallest absolute Gasteiger partial charge is 0.255 e. The lowest BCUT2D eigenvalue weighted by Crippen LogP contribution is -2.39. The maximum absolute atomic E-state index is 13.4. The van der Waals surface area contributed by atoms with Gasteiger partial charge in [-0.25, -0.2) is 13.1 Å². The van der Waals surface area contributed by atoms with E-state index in [1.807, 2.05) is 43.5 Å². The fraction of sp³-hybridized carbons (Fsp3) is 0.250. The molecule has 0 unspecified atom stereocenters. The largest absolute Gasteiger partial charge is 0.493 e. The zero-order chi connectivity index (χ0) is 26.4. The summed E-state index contributed by atoms with van der Waals surface area (Å²) in [5.74, 6) is 0.0856. The van der Waals surface area contributed by atoms with Gasteiger partial charge in [-0.05, 0) is 66.9 Å². The molecule has 194 valence electrons. The van der Waals surface area contributed by atoms with Gasteiger partial charge in [-0.3, -0.25) is 4.79 Å². The molecule has 3 aromatic carbocycles. The first kappa shape index (κ1) is 26.4. The van der Waals surface area contributed by atoms with Crippen molar-refractivity contribution in [3.63, 3.8) is 0 Å². The molecule has 37 heavy (non-hydrogen) atoms. The molecule has 0 aliphatic carbocycles. The van der Waals surface area contributed by atoms with Crippen molar-refractivity contribution in [3.05, 3.63) is 84.1 Å². The Balaban J connectivity index is 1.60. The van der Waals surface area contributed by atoms with Crippen LogP contribution in [0.15, 0.2) is 77.8 Å². The minimum Gasteiger partial charge on any atom is -0.493 e. The Kier molecular flexibility index (Phi) is 8.27. The molecule has 0 saturated heterocycles. The summed E-state index contributed by atoms with van der Waals surface area (Å²) >= 11 is 0. The predicted octanol–water partition coefficient (Wildman–Crippen LogP) is 3.87. The Hall–Kier alpha value is -3.66. The van der Waals surface area contributed by atoms with Crippen LogP contribution < -0.4 is 14.8 Å². The number of nitrogens with one attached hydrogen (secondary N) is 3. The number of amides is 1. The van der Waals surface area contributed by atoms with Gasteiger partial charge in [0.05, 0.1) is 29.7 Å². The summed E-state index contributed by atoms with van der Waals surface area (Å²) in [6, 6.07) is 19.1. The highest BCUT2D eigenvalue weighted by Gasteiger charge is 2.20. The van der Waals surface area contributed by atoms with Crippen LogP contribution in [0, 0.1) is 0 Å². The van der Waals surface area contributed by atoms with Crippen LogP contribution in [0.5, 0.6) is 5.75 Å². The van der Waals surface area contributed by atoms with Gasteiger partial charge in [0, 0.05) is 17.1 Å². The lowest BCUT2D eigenvalue weighted by atomic mass is 10.0. The van der Waals surface area contributed by atoms with Gasteiger partial charge in [-0.1, -0.05) is 43.3 Å². The van der Waals surface area contributed by atoms with Gasteiger partial charge < -0.3 is 20.1 Å². The molecule has 1 aromatic heterocycles. The maximum Gasteiger partial charge on any atom is 0.255 e. The quantitative estimate of drug-likeness (QED) is 0.239. The van der Waals surface area contributed by atoms with Crippen molar-refractivity contribution in [2.45, 2.75) is 30.7 Å². The highest BCUT2D eigenvalue weighted by atomic mass is 32.2. The summed E-state index contributed by atoms with van der Waals surface area (Å²) in [5, 5.41) is 14.0. The van der Waals surface area contributed by atoms with E-state index in [9.17, 15) is 18.3 Å². The number of para-hydroxylation sites is 1. The van der Waals surface area contributed by atoms with Gasteiger partial charge in [0.15, 0.2) is 0 Å². The zero-order valence-electron chi connectivity index (χ0n) is 20.8. The number of aliphatic hydroxyl groups excluding tert-OH is 1. The molecule has 1 atom stereocenters. The molecular formula is C28H31N3O5S. The number of carbonyl (C=O) groups excluding carboxylic acids is 1. The van der Waals surface area contributed by atoms with Crippen LogP contribution in [0.1, 0.15) is 29.3 Å². The van der Waals surface area contributed by atoms with E-state index >= 15 is 0 Å². The second-order valence-electron chi connectivity index (χ2n) is 8.71. The number of ether oxygens (including phenoxy) is 1. The molecular weight excluding hydrogens is 490 g/mol. The van der Waals surface area contributed by atoms with Crippen molar-refractivity contribution >= 4 is 26.8 Å². The Morgan fingerprint density at radius 3 is 2.49 bits per heavy atom. The number of sulfonamides is 1. The van der Waals surface area contributed by atoms with E-state index in [0.29, 0.717) is 24.3 Å². The minimum absolute atomic E-state index is 0.155. The fourth-order valence-electron chi connectivity index (χ4n) is 4.16. The second-order valence-corrected chi connectivity index (χ2v) is 10.6. The van der Waals surface area contributed by atoms with Gasteiger partial charge in [0.1, 0.15) is 5.75 Å².